The molecule has 0 fully saturated rings. The van der Waals surface area contributed by atoms with Gasteiger partial charge in [0.1, 0.15) is 0 Å². The third-order valence-electron chi connectivity index (χ3n) is 1.92. The molecule has 0 aliphatic heterocycles. The van der Waals surface area contributed by atoms with Gasteiger partial charge in [0.15, 0.2) is 0 Å². The van der Waals surface area contributed by atoms with E-state index in [2.05, 4.69) is 35.6 Å². The van der Waals surface area contributed by atoms with Crippen molar-refractivity contribution in [2.75, 3.05) is 19.7 Å². The summed E-state index contributed by atoms with van der Waals surface area (Å²) in [6.45, 7) is 9.76. The summed E-state index contributed by atoms with van der Waals surface area (Å²) >= 11 is 0. The average molecular weight is 211 g/mol. The molecule has 0 radical (unpaired) electrons. The van der Waals surface area contributed by atoms with Gasteiger partial charge in [-0.25, -0.2) is 4.98 Å². The van der Waals surface area contributed by atoms with E-state index in [9.17, 15) is 0 Å². The van der Waals surface area contributed by atoms with E-state index >= 15 is 0 Å². The molecule has 15 heavy (non-hydrogen) atoms. The van der Waals surface area contributed by atoms with Gasteiger partial charge in [-0.2, -0.15) is 0 Å². The first-order chi connectivity index (χ1) is 7.08. The Morgan fingerprint density at radius 3 is 2.73 bits per heavy atom. The highest BCUT2D eigenvalue weighted by molar-refractivity contribution is 4.74. The van der Waals surface area contributed by atoms with Crippen LogP contribution in [0.4, 0.5) is 0 Å². The molecule has 1 N–H and O–H groups in total. The Bertz CT molecular complexity index is 251. The second kappa shape index (κ2) is 5.88. The van der Waals surface area contributed by atoms with Gasteiger partial charge in [0, 0.05) is 32.0 Å². The molecule has 1 heterocycles. The Morgan fingerprint density at radius 2 is 2.13 bits per heavy atom. The van der Waals surface area contributed by atoms with Crippen molar-refractivity contribution in [1.29, 1.82) is 0 Å². The molecule has 4 heteroatoms. The average Bonchev–Trinajstić information content (AvgIpc) is 2.61. The number of nitrogens with zero attached hydrogens (tertiary/aromatic N) is 2. The van der Waals surface area contributed by atoms with E-state index < -0.39 is 0 Å². The van der Waals surface area contributed by atoms with E-state index in [1.807, 2.05) is 12.5 Å². The van der Waals surface area contributed by atoms with Crippen LogP contribution in [0.5, 0.6) is 0 Å². The molecule has 0 bridgehead atoms. The fourth-order valence-electron chi connectivity index (χ4n) is 1.18. The summed E-state index contributed by atoms with van der Waals surface area (Å²) in [5.74, 6) is 0. The summed E-state index contributed by atoms with van der Waals surface area (Å²) in [5, 5.41) is 3.32. The SMILES string of the molecule is CC(C)(C)OCCNCCn1ccnc1. The normalized spacial score (nSPS) is 11.9. The van der Waals surface area contributed by atoms with E-state index in [4.69, 9.17) is 4.74 Å². The molecule has 1 aromatic heterocycles. The number of hydrogen-bond donors (Lipinski definition) is 1. The lowest BCUT2D eigenvalue weighted by molar-refractivity contribution is -0.000786. The molecule has 0 aromatic carbocycles. The lowest BCUT2D eigenvalue weighted by Crippen LogP contribution is -2.28. The third kappa shape index (κ3) is 6.25. The molecule has 1 rings (SSSR count). The summed E-state index contributed by atoms with van der Waals surface area (Å²) in [6, 6.07) is 0. The lowest BCUT2D eigenvalue weighted by Gasteiger charge is -2.19. The number of rotatable bonds is 6. The summed E-state index contributed by atoms with van der Waals surface area (Å²) < 4.78 is 7.64. The first kappa shape index (κ1) is 12.2. The molecule has 0 saturated heterocycles. The van der Waals surface area contributed by atoms with Crippen LogP contribution < -0.4 is 5.32 Å². The minimum Gasteiger partial charge on any atom is -0.375 e. The Kier molecular flexibility index (Phi) is 4.78. The molecule has 0 spiro atoms. The maximum Gasteiger partial charge on any atom is 0.0946 e. The summed E-state index contributed by atoms with van der Waals surface area (Å²) in [4.78, 5) is 3.98. The molecule has 86 valence electrons. The summed E-state index contributed by atoms with van der Waals surface area (Å²) in [5.41, 5.74) is -0.0357. The highest BCUT2D eigenvalue weighted by atomic mass is 16.5. The van der Waals surface area contributed by atoms with Gasteiger partial charge in [-0.15, -0.1) is 0 Å². The molecule has 0 aliphatic rings. The zero-order valence-corrected chi connectivity index (χ0v) is 9.86. The van der Waals surface area contributed by atoms with Crippen LogP contribution in [0.15, 0.2) is 18.7 Å². The Labute approximate surface area is 91.7 Å². The molecule has 0 amide bonds. The smallest absolute Gasteiger partial charge is 0.0946 e. The predicted molar refractivity (Wildman–Crippen MR) is 60.8 cm³/mol. The fraction of sp³-hybridized carbons (Fsp3) is 0.727. The molecule has 0 atom stereocenters. The highest BCUT2D eigenvalue weighted by Gasteiger charge is 2.08. The van der Waals surface area contributed by atoms with Crippen LogP contribution in [-0.4, -0.2) is 34.8 Å². The van der Waals surface area contributed by atoms with Crippen molar-refractivity contribution in [3.63, 3.8) is 0 Å². The van der Waals surface area contributed by atoms with Crippen molar-refractivity contribution in [2.45, 2.75) is 32.9 Å². The minimum absolute atomic E-state index is 0.0357. The van der Waals surface area contributed by atoms with E-state index in [1.54, 1.807) is 6.20 Å². The first-order valence-corrected chi connectivity index (χ1v) is 5.38. The van der Waals surface area contributed by atoms with Gasteiger partial charge in [0.05, 0.1) is 18.5 Å². The van der Waals surface area contributed by atoms with Crippen LogP contribution >= 0.6 is 0 Å². The van der Waals surface area contributed by atoms with Crippen LogP contribution in [0, 0.1) is 0 Å². The number of nitrogens with one attached hydrogen (secondary N) is 1. The third-order valence-corrected chi connectivity index (χ3v) is 1.92. The van der Waals surface area contributed by atoms with Crippen LogP contribution in [-0.2, 0) is 11.3 Å². The summed E-state index contributed by atoms with van der Waals surface area (Å²) in [6.07, 6.45) is 5.59. The van der Waals surface area contributed by atoms with E-state index in [0.29, 0.717) is 0 Å². The Hall–Kier alpha value is -0.870. The maximum atomic E-state index is 5.58. The Morgan fingerprint density at radius 1 is 1.33 bits per heavy atom. The van der Waals surface area contributed by atoms with Crippen molar-refractivity contribution in [1.82, 2.24) is 14.9 Å². The van der Waals surface area contributed by atoms with Crippen molar-refractivity contribution in [3.05, 3.63) is 18.7 Å². The molecule has 4 nitrogen and oxygen atoms in total. The fourth-order valence-corrected chi connectivity index (χ4v) is 1.18. The van der Waals surface area contributed by atoms with Crippen molar-refractivity contribution in [2.24, 2.45) is 0 Å². The standard InChI is InChI=1S/C11H21N3O/c1-11(2,3)15-9-6-12-4-7-14-8-5-13-10-14/h5,8,10,12H,4,6-7,9H2,1-3H3. The number of aromatic nitrogens is 2. The molecular weight excluding hydrogens is 190 g/mol. The molecule has 0 unspecified atom stereocenters. The van der Waals surface area contributed by atoms with E-state index in [1.165, 1.54) is 0 Å². The second-order valence-electron chi connectivity index (χ2n) is 4.51. The van der Waals surface area contributed by atoms with Crippen molar-refractivity contribution in [3.8, 4) is 0 Å². The van der Waals surface area contributed by atoms with Gasteiger partial charge < -0.3 is 14.6 Å². The van der Waals surface area contributed by atoms with Gasteiger partial charge in [0.25, 0.3) is 0 Å². The van der Waals surface area contributed by atoms with Gasteiger partial charge >= 0.3 is 0 Å². The lowest BCUT2D eigenvalue weighted by atomic mass is 10.2. The van der Waals surface area contributed by atoms with Gasteiger partial charge in [0.2, 0.25) is 0 Å². The van der Waals surface area contributed by atoms with E-state index in [0.717, 1.165) is 26.2 Å². The zero-order chi connectivity index (χ0) is 11.1. The van der Waals surface area contributed by atoms with Gasteiger partial charge in [-0.05, 0) is 20.8 Å². The van der Waals surface area contributed by atoms with Crippen LogP contribution in [0.25, 0.3) is 0 Å². The van der Waals surface area contributed by atoms with Crippen molar-refractivity contribution >= 4 is 0 Å². The number of imidazole rings is 1. The highest BCUT2D eigenvalue weighted by Crippen LogP contribution is 2.04. The number of ether oxygens (including phenoxy) is 1. The van der Waals surface area contributed by atoms with Crippen LogP contribution in [0.3, 0.4) is 0 Å². The Balaban J connectivity index is 1.94. The van der Waals surface area contributed by atoms with Gasteiger partial charge in [-0.3, -0.25) is 0 Å². The zero-order valence-electron chi connectivity index (χ0n) is 9.86. The second-order valence-corrected chi connectivity index (χ2v) is 4.51. The quantitative estimate of drug-likeness (QED) is 0.721. The maximum absolute atomic E-state index is 5.58. The first-order valence-electron chi connectivity index (χ1n) is 5.38. The van der Waals surface area contributed by atoms with E-state index in [-0.39, 0.29) is 5.60 Å². The monoisotopic (exact) mass is 211 g/mol. The van der Waals surface area contributed by atoms with Gasteiger partial charge in [-0.1, -0.05) is 0 Å². The largest absolute Gasteiger partial charge is 0.375 e. The topological polar surface area (TPSA) is 39.1 Å². The molecular formula is C11H21N3O. The summed E-state index contributed by atoms with van der Waals surface area (Å²) in [7, 11) is 0. The molecule has 0 saturated carbocycles. The number of hydrogen-bond acceptors (Lipinski definition) is 3. The predicted octanol–water partition coefficient (Wildman–Crippen LogP) is 1.29. The van der Waals surface area contributed by atoms with Crippen LogP contribution in [0.2, 0.25) is 0 Å². The van der Waals surface area contributed by atoms with Crippen molar-refractivity contribution < 1.29 is 4.74 Å². The molecule has 0 aliphatic carbocycles. The molecule has 1 aromatic rings. The minimum atomic E-state index is -0.0357. The van der Waals surface area contributed by atoms with Crippen LogP contribution in [0.1, 0.15) is 20.8 Å².